The molecule has 8 heteroatoms. The van der Waals surface area contributed by atoms with Crippen LogP contribution in [0.5, 0.6) is 0 Å². The molecule has 1 spiro atoms. The summed E-state index contributed by atoms with van der Waals surface area (Å²) < 4.78 is 0. The summed E-state index contributed by atoms with van der Waals surface area (Å²) in [6, 6.07) is 0.0860. The number of hydrogen-bond acceptors (Lipinski definition) is 4. The Morgan fingerprint density at radius 1 is 0.571 bits per heavy atom. The standard InChI is InChI=1S/C20H32N4O3S/c25-17(21-9-3-20(4-10-21)5-15-28-16-6-20)18(26)22-11-13-24(14-12-22)19(27)23-7-1-2-8-23/h1-16H2. The quantitative estimate of drug-likeness (QED) is 0.570. The first-order valence-electron chi connectivity index (χ1n) is 10.8. The topological polar surface area (TPSA) is 64.2 Å². The third kappa shape index (κ3) is 4.11. The second-order valence-corrected chi connectivity index (χ2v) is 9.89. The van der Waals surface area contributed by atoms with Crippen molar-refractivity contribution in [2.45, 2.75) is 38.5 Å². The van der Waals surface area contributed by atoms with Crippen LogP contribution in [0.1, 0.15) is 38.5 Å². The van der Waals surface area contributed by atoms with Crippen LogP contribution < -0.4 is 0 Å². The van der Waals surface area contributed by atoms with Gasteiger partial charge in [-0.25, -0.2) is 4.79 Å². The number of rotatable bonds is 0. The molecule has 0 unspecified atom stereocenters. The van der Waals surface area contributed by atoms with Crippen LogP contribution in [0.4, 0.5) is 4.79 Å². The fourth-order valence-electron chi connectivity index (χ4n) is 4.97. The van der Waals surface area contributed by atoms with Gasteiger partial charge in [-0.3, -0.25) is 9.59 Å². The molecule has 0 radical (unpaired) electrons. The number of urea groups is 1. The van der Waals surface area contributed by atoms with Gasteiger partial charge in [0.2, 0.25) is 0 Å². The molecule has 4 amide bonds. The summed E-state index contributed by atoms with van der Waals surface area (Å²) in [7, 11) is 0. The molecular weight excluding hydrogens is 376 g/mol. The first-order chi connectivity index (χ1) is 13.6. The Labute approximate surface area is 171 Å². The maximum absolute atomic E-state index is 12.7. The van der Waals surface area contributed by atoms with Gasteiger partial charge in [0.05, 0.1) is 0 Å². The minimum Gasteiger partial charge on any atom is -0.334 e. The summed E-state index contributed by atoms with van der Waals surface area (Å²) in [5.41, 5.74) is 0.409. The third-order valence-electron chi connectivity index (χ3n) is 7.06. The van der Waals surface area contributed by atoms with Gasteiger partial charge in [-0.2, -0.15) is 11.8 Å². The van der Waals surface area contributed by atoms with Crippen molar-refractivity contribution in [3.8, 4) is 0 Å². The Bertz CT molecular complexity index is 599. The van der Waals surface area contributed by atoms with E-state index in [0.717, 1.165) is 38.8 Å². The van der Waals surface area contributed by atoms with E-state index in [1.165, 1.54) is 24.3 Å². The highest BCUT2D eigenvalue weighted by Gasteiger charge is 2.39. The molecule has 4 aliphatic heterocycles. The average Bonchev–Trinajstić information content (AvgIpc) is 3.28. The molecule has 0 aromatic carbocycles. The smallest absolute Gasteiger partial charge is 0.320 e. The number of amides is 4. The number of likely N-dealkylation sites (tertiary alicyclic amines) is 2. The van der Waals surface area contributed by atoms with E-state index in [1.807, 2.05) is 21.6 Å². The second-order valence-electron chi connectivity index (χ2n) is 8.66. The number of carbonyl (C=O) groups excluding carboxylic acids is 3. The van der Waals surface area contributed by atoms with Gasteiger partial charge in [0.1, 0.15) is 0 Å². The average molecular weight is 409 g/mol. The Morgan fingerprint density at radius 2 is 1.04 bits per heavy atom. The molecule has 156 valence electrons. The summed E-state index contributed by atoms with van der Waals surface area (Å²) in [5.74, 6) is 1.73. The monoisotopic (exact) mass is 408 g/mol. The largest absolute Gasteiger partial charge is 0.334 e. The number of thioether (sulfide) groups is 1. The minimum atomic E-state index is -0.386. The van der Waals surface area contributed by atoms with Crippen LogP contribution in [0.3, 0.4) is 0 Å². The maximum atomic E-state index is 12.7. The first kappa shape index (κ1) is 19.9. The van der Waals surface area contributed by atoms with Crippen LogP contribution in [-0.2, 0) is 9.59 Å². The van der Waals surface area contributed by atoms with Crippen LogP contribution in [0.25, 0.3) is 0 Å². The Morgan fingerprint density at radius 3 is 1.61 bits per heavy atom. The van der Waals surface area contributed by atoms with Crippen molar-refractivity contribution >= 4 is 29.6 Å². The molecule has 4 aliphatic rings. The highest BCUT2D eigenvalue weighted by Crippen LogP contribution is 2.43. The molecule has 0 aromatic rings. The van der Waals surface area contributed by atoms with Gasteiger partial charge >= 0.3 is 17.8 Å². The van der Waals surface area contributed by atoms with E-state index >= 15 is 0 Å². The molecule has 4 fully saturated rings. The highest BCUT2D eigenvalue weighted by atomic mass is 32.2. The number of piperazine rings is 1. The Hall–Kier alpha value is -1.44. The van der Waals surface area contributed by atoms with Crippen molar-refractivity contribution in [1.82, 2.24) is 19.6 Å². The zero-order valence-corrected chi connectivity index (χ0v) is 17.6. The van der Waals surface area contributed by atoms with E-state index in [-0.39, 0.29) is 17.8 Å². The zero-order chi connectivity index (χ0) is 19.6. The molecule has 7 nitrogen and oxygen atoms in total. The van der Waals surface area contributed by atoms with Crippen LogP contribution in [0, 0.1) is 5.41 Å². The van der Waals surface area contributed by atoms with Crippen molar-refractivity contribution in [3.05, 3.63) is 0 Å². The van der Waals surface area contributed by atoms with Gasteiger partial charge in [-0.05, 0) is 55.4 Å². The van der Waals surface area contributed by atoms with Crippen molar-refractivity contribution < 1.29 is 14.4 Å². The molecule has 0 aliphatic carbocycles. The predicted octanol–water partition coefficient (Wildman–Crippen LogP) is 1.48. The summed E-state index contributed by atoms with van der Waals surface area (Å²) in [4.78, 5) is 45.0. The molecule has 4 saturated heterocycles. The molecule has 0 N–H and O–H groups in total. The number of piperidine rings is 1. The molecule has 0 saturated carbocycles. The van der Waals surface area contributed by atoms with Crippen molar-refractivity contribution in [3.63, 3.8) is 0 Å². The van der Waals surface area contributed by atoms with Gasteiger partial charge in [0.15, 0.2) is 0 Å². The molecule has 0 atom stereocenters. The number of nitrogens with zero attached hydrogens (tertiary/aromatic N) is 4. The predicted molar refractivity (Wildman–Crippen MR) is 109 cm³/mol. The van der Waals surface area contributed by atoms with E-state index in [0.29, 0.717) is 44.7 Å². The van der Waals surface area contributed by atoms with Gasteiger partial charge in [0.25, 0.3) is 0 Å². The molecule has 0 aromatic heterocycles. The van der Waals surface area contributed by atoms with Crippen molar-refractivity contribution in [2.75, 3.05) is 63.9 Å². The molecule has 28 heavy (non-hydrogen) atoms. The first-order valence-corrected chi connectivity index (χ1v) is 11.9. The minimum absolute atomic E-state index is 0.0860. The maximum Gasteiger partial charge on any atom is 0.320 e. The molecule has 4 rings (SSSR count). The fraction of sp³-hybridized carbons (Fsp3) is 0.850. The van der Waals surface area contributed by atoms with E-state index in [1.54, 1.807) is 9.80 Å². The summed E-state index contributed by atoms with van der Waals surface area (Å²) in [6.07, 6.45) is 6.72. The van der Waals surface area contributed by atoms with E-state index in [9.17, 15) is 14.4 Å². The van der Waals surface area contributed by atoms with Gasteiger partial charge < -0.3 is 19.6 Å². The lowest BCUT2D eigenvalue weighted by atomic mass is 9.74. The van der Waals surface area contributed by atoms with Crippen LogP contribution in [0.15, 0.2) is 0 Å². The highest BCUT2D eigenvalue weighted by molar-refractivity contribution is 7.99. The van der Waals surface area contributed by atoms with Gasteiger partial charge in [0, 0.05) is 52.4 Å². The van der Waals surface area contributed by atoms with E-state index in [4.69, 9.17) is 0 Å². The molecule has 0 bridgehead atoms. The number of carbonyl (C=O) groups is 3. The van der Waals surface area contributed by atoms with E-state index in [2.05, 4.69) is 0 Å². The number of hydrogen-bond donors (Lipinski definition) is 0. The van der Waals surface area contributed by atoms with Crippen molar-refractivity contribution in [1.29, 1.82) is 0 Å². The Kier molecular flexibility index (Phi) is 6.04. The Balaban J connectivity index is 1.25. The van der Waals surface area contributed by atoms with Gasteiger partial charge in [-0.15, -0.1) is 0 Å². The third-order valence-corrected chi connectivity index (χ3v) is 8.05. The van der Waals surface area contributed by atoms with Crippen LogP contribution in [0.2, 0.25) is 0 Å². The molecular formula is C20H32N4O3S. The summed E-state index contributed by atoms with van der Waals surface area (Å²) >= 11 is 2.03. The van der Waals surface area contributed by atoms with Crippen LogP contribution >= 0.6 is 11.8 Å². The van der Waals surface area contributed by atoms with E-state index < -0.39 is 0 Å². The lowest BCUT2D eigenvalue weighted by molar-refractivity contribution is -0.154. The zero-order valence-electron chi connectivity index (χ0n) is 16.7. The molecule has 4 heterocycles. The summed E-state index contributed by atoms with van der Waals surface area (Å²) in [6.45, 7) is 5.06. The van der Waals surface area contributed by atoms with Crippen LogP contribution in [-0.4, -0.2) is 101 Å². The summed E-state index contributed by atoms with van der Waals surface area (Å²) in [5, 5.41) is 0. The second kappa shape index (κ2) is 8.51. The normalized spacial score (nSPS) is 25.3. The van der Waals surface area contributed by atoms with Crippen molar-refractivity contribution in [2.24, 2.45) is 5.41 Å². The lowest BCUT2D eigenvalue weighted by Crippen LogP contribution is -2.57. The fourth-order valence-corrected chi connectivity index (χ4v) is 6.33. The lowest BCUT2D eigenvalue weighted by Gasteiger charge is -2.44. The van der Waals surface area contributed by atoms with Gasteiger partial charge in [-0.1, -0.05) is 0 Å². The SMILES string of the molecule is O=C(C(=O)N1CCC2(CCSCC2)CC1)N1CCN(C(=O)N2CCCC2)CC1.